The second-order valence-corrected chi connectivity index (χ2v) is 3.77. The normalized spacial score (nSPS) is 11.8. The van der Waals surface area contributed by atoms with E-state index in [0.717, 1.165) is 12.0 Å². The molecule has 1 aromatic rings. The smallest absolute Gasteiger partial charge is 0.137 e. The van der Waals surface area contributed by atoms with Gasteiger partial charge in [0.2, 0.25) is 0 Å². The van der Waals surface area contributed by atoms with Crippen LogP contribution in [0, 0.1) is 0 Å². The van der Waals surface area contributed by atoms with Crippen LogP contribution in [0.1, 0.15) is 24.4 Å². The van der Waals surface area contributed by atoms with Gasteiger partial charge in [0.1, 0.15) is 5.75 Å². The molecule has 0 aliphatic rings. The molecule has 0 saturated carbocycles. The van der Waals surface area contributed by atoms with E-state index in [4.69, 9.17) is 27.2 Å². The number of rotatable bonds is 5. The molecule has 0 amide bonds. The van der Waals surface area contributed by atoms with Crippen LogP contribution in [0.2, 0.25) is 5.02 Å². The molecule has 0 aromatic heterocycles. The van der Waals surface area contributed by atoms with Gasteiger partial charge in [-0.1, -0.05) is 17.7 Å². The first kappa shape index (κ1) is 15.5. The van der Waals surface area contributed by atoms with Crippen molar-refractivity contribution in [1.29, 1.82) is 0 Å². The molecular formula is C11H17Cl2NO2. The Morgan fingerprint density at radius 1 is 1.50 bits per heavy atom. The summed E-state index contributed by atoms with van der Waals surface area (Å²) in [5, 5.41) is 9.28. The lowest BCUT2D eigenvalue weighted by molar-refractivity contribution is 0.280. The number of ether oxygens (including phenoxy) is 1. The van der Waals surface area contributed by atoms with Crippen molar-refractivity contribution in [3.8, 4) is 5.75 Å². The highest BCUT2D eigenvalue weighted by Gasteiger charge is 2.08. The van der Waals surface area contributed by atoms with Crippen molar-refractivity contribution in [2.75, 3.05) is 13.7 Å². The van der Waals surface area contributed by atoms with E-state index in [1.54, 1.807) is 13.2 Å². The number of hydrogen-bond acceptors (Lipinski definition) is 3. The molecule has 1 atom stereocenters. The van der Waals surface area contributed by atoms with Crippen molar-refractivity contribution in [2.45, 2.75) is 18.9 Å². The third kappa shape index (κ3) is 4.18. The van der Waals surface area contributed by atoms with E-state index in [9.17, 15) is 0 Å². The number of aliphatic hydroxyl groups is 1. The Morgan fingerprint density at radius 3 is 2.75 bits per heavy atom. The molecule has 0 saturated heterocycles. The Kier molecular flexibility index (Phi) is 7.51. The van der Waals surface area contributed by atoms with E-state index in [2.05, 4.69) is 0 Å². The zero-order chi connectivity index (χ0) is 11.3. The summed E-state index contributed by atoms with van der Waals surface area (Å²) >= 11 is 5.90. The number of aliphatic hydroxyl groups excluding tert-OH is 1. The topological polar surface area (TPSA) is 55.5 Å². The Hall–Kier alpha value is -0.480. The fraction of sp³-hybridized carbons (Fsp3) is 0.455. The molecule has 0 bridgehead atoms. The number of hydrogen-bond donors (Lipinski definition) is 2. The van der Waals surface area contributed by atoms with Crippen LogP contribution >= 0.6 is 24.0 Å². The van der Waals surface area contributed by atoms with Gasteiger partial charge < -0.3 is 15.6 Å². The summed E-state index contributed by atoms with van der Waals surface area (Å²) in [7, 11) is 1.57. The standard InChI is InChI=1S/C11H16ClNO2.ClH/c1-15-11-7-8(4-5-9(11)12)10(13)3-2-6-14;/h4-5,7,10,14H,2-3,6,13H2,1H3;1H/t10-;/m0./s1. The van der Waals surface area contributed by atoms with Crippen molar-refractivity contribution in [2.24, 2.45) is 5.73 Å². The minimum atomic E-state index is -0.0803. The maximum absolute atomic E-state index is 8.71. The summed E-state index contributed by atoms with van der Waals surface area (Å²) in [5.41, 5.74) is 6.92. The van der Waals surface area contributed by atoms with Crippen molar-refractivity contribution in [1.82, 2.24) is 0 Å². The molecule has 0 unspecified atom stereocenters. The molecule has 16 heavy (non-hydrogen) atoms. The van der Waals surface area contributed by atoms with E-state index >= 15 is 0 Å². The summed E-state index contributed by atoms with van der Waals surface area (Å²) in [6.07, 6.45) is 1.45. The maximum atomic E-state index is 8.71. The summed E-state index contributed by atoms with van der Waals surface area (Å²) in [4.78, 5) is 0. The first-order valence-electron chi connectivity index (χ1n) is 4.89. The summed E-state index contributed by atoms with van der Waals surface area (Å²) < 4.78 is 5.10. The fourth-order valence-electron chi connectivity index (χ4n) is 1.38. The Balaban J connectivity index is 0.00000225. The molecule has 5 heteroatoms. The second kappa shape index (κ2) is 7.74. The lowest BCUT2D eigenvalue weighted by atomic mass is 10.0. The van der Waals surface area contributed by atoms with Gasteiger partial charge in [0.05, 0.1) is 12.1 Å². The minimum absolute atomic E-state index is 0. The molecule has 0 fully saturated rings. The summed E-state index contributed by atoms with van der Waals surface area (Å²) in [6, 6.07) is 5.41. The predicted octanol–water partition coefficient (Wildman–Crippen LogP) is 2.54. The van der Waals surface area contributed by atoms with E-state index in [1.807, 2.05) is 12.1 Å². The van der Waals surface area contributed by atoms with Gasteiger partial charge in [-0.2, -0.15) is 0 Å². The number of methoxy groups -OCH3 is 1. The van der Waals surface area contributed by atoms with Gasteiger partial charge in [0.25, 0.3) is 0 Å². The molecule has 0 radical (unpaired) electrons. The lowest BCUT2D eigenvalue weighted by Crippen LogP contribution is -2.10. The van der Waals surface area contributed by atoms with Gasteiger partial charge >= 0.3 is 0 Å². The van der Waals surface area contributed by atoms with Crippen molar-refractivity contribution >= 4 is 24.0 Å². The number of benzene rings is 1. The number of nitrogens with two attached hydrogens (primary N) is 1. The third-order valence-corrected chi connectivity index (χ3v) is 2.59. The zero-order valence-corrected chi connectivity index (χ0v) is 10.7. The first-order valence-corrected chi connectivity index (χ1v) is 5.26. The largest absolute Gasteiger partial charge is 0.495 e. The molecule has 0 aliphatic heterocycles. The SMILES string of the molecule is COc1cc([C@@H](N)CCCO)ccc1Cl.Cl. The van der Waals surface area contributed by atoms with Crippen LogP contribution in [0.5, 0.6) is 5.75 Å². The van der Waals surface area contributed by atoms with Crippen molar-refractivity contribution in [3.63, 3.8) is 0 Å². The molecule has 0 aliphatic carbocycles. The highest BCUT2D eigenvalue weighted by Crippen LogP contribution is 2.28. The van der Waals surface area contributed by atoms with E-state index in [1.165, 1.54) is 0 Å². The molecule has 1 rings (SSSR count). The van der Waals surface area contributed by atoms with E-state index in [-0.39, 0.29) is 25.1 Å². The lowest BCUT2D eigenvalue weighted by Gasteiger charge is -2.13. The van der Waals surface area contributed by atoms with Crippen LogP contribution in [-0.2, 0) is 0 Å². The molecular weight excluding hydrogens is 249 g/mol. The fourth-order valence-corrected chi connectivity index (χ4v) is 1.58. The van der Waals surface area contributed by atoms with Crippen LogP contribution in [-0.4, -0.2) is 18.8 Å². The molecule has 3 N–H and O–H groups in total. The average Bonchev–Trinajstić information content (AvgIpc) is 2.26. The third-order valence-electron chi connectivity index (χ3n) is 2.28. The molecule has 3 nitrogen and oxygen atoms in total. The van der Waals surface area contributed by atoms with Crippen LogP contribution in [0.15, 0.2) is 18.2 Å². The van der Waals surface area contributed by atoms with Crippen molar-refractivity contribution in [3.05, 3.63) is 28.8 Å². The van der Waals surface area contributed by atoms with Crippen LogP contribution in [0.4, 0.5) is 0 Å². The Labute approximate surface area is 107 Å². The van der Waals surface area contributed by atoms with E-state index < -0.39 is 0 Å². The maximum Gasteiger partial charge on any atom is 0.137 e. The van der Waals surface area contributed by atoms with Gasteiger partial charge in [0, 0.05) is 12.6 Å². The van der Waals surface area contributed by atoms with Gasteiger partial charge in [-0.05, 0) is 30.5 Å². The summed E-state index contributed by atoms with van der Waals surface area (Å²) in [6.45, 7) is 0.165. The molecule has 0 heterocycles. The quantitative estimate of drug-likeness (QED) is 0.861. The Morgan fingerprint density at radius 2 is 2.19 bits per heavy atom. The van der Waals surface area contributed by atoms with Gasteiger partial charge in [-0.15, -0.1) is 12.4 Å². The van der Waals surface area contributed by atoms with Gasteiger partial charge in [0.15, 0.2) is 0 Å². The van der Waals surface area contributed by atoms with E-state index in [0.29, 0.717) is 17.2 Å². The van der Waals surface area contributed by atoms with Gasteiger partial charge in [-0.3, -0.25) is 0 Å². The monoisotopic (exact) mass is 265 g/mol. The van der Waals surface area contributed by atoms with Crippen molar-refractivity contribution < 1.29 is 9.84 Å². The first-order chi connectivity index (χ1) is 7.19. The summed E-state index contributed by atoms with van der Waals surface area (Å²) in [5.74, 6) is 0.633. The van der Waals surface area contributed by atoms with Gasteiger partial charge in [-0.25, -0.2) is 0 Å². The van der Waals surface area contributed by atoms with Crippen LogP contribution in [0.25, 0.3) is 0 Å². The molecule has 1 aromatic carbocycles. The Bertz CT molecular complexity index is 321. The number of halogens is 2. The molecule has 92 valence electrons. The highest BCUT2D eigenvalue weighted by atomic mass is 35.5. The molecule has 0 spiro atoms. The minimum Gasteiger partial charge on any atom is -0.495 e. The van der Waals surface area contributed by atoms with Crippen LogP contribution in [0.3, 0.4) is 0 Å². The average molecular weight is 266 g/mol. The zero-order valence-electron chi connectivity index (χ0n) is 9.15. The highest BCUT2D eigenvalue weighted by molar-refractivity contribution is 6.32. The predicted molar refractivity (Wildman–Crippen MR) is 68.5 cm³/mol. The van der Waals surface area contributed by atoms with Crippen LogP contribution < -0.4 is 10.5 Å². The second-order valence-electron chi connectivity index (χ2n) is 3.37.